The molecule has 11 rings (SSSR count). The van der Waals surface area contributed by atoms with Crippen LogP contribution in [0.1, 0.15) is 0 Å². The van der Waals surface area contributed by atoms with Crippen molar-refractivity contribution in [3.8, 4) is 0 Å². The molecule has 10 aromatic rings. The monoisotopic (exact) mass is 836 g/mol. The van der Waals surface area contributed by atoms with E-state index in [4.69, 9.17) is 4.98 Å². The van der Waals surface area contributed by atoms with Crippen molar-refractivity contribution in [3.05, 3.63) is 267 Å². The molecule has 0 aliphatic carbocycles. The third kappa shape index (κ3) is 7.81. The van der Waals surface area contributed by atoms with Crippen LogP contribution in [0.3, 0.4) is 0 Å². The smallest absolute Gasteiger partial charge is 0.140 e. The van der Waals surface area contributed by atoms with E-state index in [1.807, 2.05) is 0 Å². The van der Waals surface area contributed by atoms with Gasteiger partial charge in [0.1, 0.15) is 11.6 Å². The van der Waals surface area contributed by atoms with Crippen molar-refractivity contribution in [3.63, 3.8) is 0 Å². The van der Waals surface area contributed by atoms with E-state index in [1.165, 1.54) is 0 Å². The number of rotatable bonds is 9. The maximum Gasteiger partial charge on any atom is 0.140 e. The molecule has 6 heteroatoms. The summed E-state index contributed by atoms with van der Waals surface area (Å²) >= 11 is 0. The van der Waals surface area contributed by atoms with Gasteiger partial charge in [0.25, 0.3) is 0 Å². The highest BCUT2D eigenvalue weighted by Gasteiger charge is 2.24. The van der Waals surface area contributed by atoms with Gasteiger partial charge in [0.2, 0.25) is 0 Å². The molecule has 1 aliphatic rings. The number of hydrogen-bond donors (Lipinski definition) is 0. The average Bonchev–Trinajstić information content (AvgIpc) is 3.37. The first-order valence-corrected chi connectivity index (χ1v) is 21.9. The fraction of sp³-hybridized carbons (Fsp3) is 0. The van der Waals surface area contributed by atoms with Crippen LogP contribution in [0, 0.1) is 0 Å². The molecule has 1 aliphatic heterocycles. The Morgan fingerprint density at radius 3 is 0.831 bits per heavy atom. The van der Waals surface area contributed by atoms with Crippen LogP contribution in [-0.4, -0.2) is 4.98 Å². The molecule has 0 radical (unpaired) electrons. The highest BCUT2D eigenvalue weighted by molar-refractivity contribution is 5.88. The van der Waals surface area contributed by atoms with Gasteiger partial charge in [-0.3, -0.25) is 9.80 Å². The van der Waals surface area contributed by atoms with Gasteiger partial charge in [-0.15, -0.1) is 0 Å². The summed E-state index contributed by atoms with van der Waals surface area (Å²) in [6.45, 7) is 0. The van der Waals surface area contributed by atoms with Crippen LogP contribution in [-0.2, 0) is 0 Å². The van der Waals surface area contributed by atoms with Crippen molar-refractivity contribution in [2.75, 3.05) is 24.5 Å². The van der Waals surface area contributed by atoms with E-state index in [0.29, 0.717) is 0 Å². The topological polar surface area (TPSA) is 29.1 Å². The predicted molar refractivity (Wildman–Crippen MR) is 271 cm³/mol. The number of fused-ring (bicyclic) bond motifs is 6. The fourth-order valence-electron chi connectivity index (χ4n) is 8.76. The van der Waals surface area contributed by atoms with Crippen LogP contribution in [0.2, 0.25) is 0 Å². The standard InChI is InChI=1S/C59H44N6/c1-6-19-45(20-7-1)61(46-21-8-2-9-22-46)50-35-39-52(40-36-50)64-56-31-16-29-54(43-56)63(49-27-14-5-15-28-49)55-30-17-32-57(44-55)65(59-34-18-33-58(64)60-59)53-41-37-51(38-42-53)62(47-23-10-3-11-24-47)48-25-12-4-13-26-48/h1-44H. The van der Waals surface area contributed by atoms with Gasteiger partial charge in [-0.05, 0) is 158 Å². The first kappa shape index (κ1) is 39.0. The first-order valence-electron chi connectivity index (χ1n) is 21.9. The van der Waals surface area contributed by atoms with Crippen molar-refractivity contribution in [1.82, 2.24) is 4.98 Å². The zero-order valence-corrected chi connectivity index (χ0v) is 35.6. The van der Waals surface area contributed by atoms with Crippen molar-refractivity contribution < 1.29 is 0 Å². The SMILES string of the molecule is c1ccc(N(c2ccccc2)c2ccc(N3c4cccc(c4)N(c4ccccc4)c4cccc(c4)N(c4ccc(N(c5ccccc5)c5ccccc5)cc4)c4cccc3n4)cc2)cc1. The molecule has 1 aromatic heterocycles. The number of benzene rings is 9. The van der Waals surface area contributed by atoms with Crippen molar-refractivity contribution in [2.24, 2.45) is 0 Å². The molecule has 310 valence electrons. The molecular formula is C59H44N6. The maximum absolute atomic E-state index is 5.53. The van der Waals surface area contributed by atoms with Gasteiger partial charge in [0.05, 0.1) is 0 Å². The number of nitrogens with zero attached hydrogens (tertiary/aromatic N) is 6. The Hall–Kier alpha value is -8.87. The quantitative estimate of drug-likeness (QED) is 0.144. The molecular weight excluding hydrogens is 793 g/mol. The summed E-state index contributed by atoms with van der Waals surface area (Å²) in [5.74, 6) is 1.58. The van der Waals surface area contributed by atoms with Crippen LogP contribution in [0.25, 0.3) is 0 Å². The summed E-state index contributed by atoms with van der Waals surface area (Å²) in [6, 6.07) is 94.0. The molecule has 0 spiro atoms. The minimum atomic E-state index is 0.791. The summed E-state index contributed by atoms with van der Waals surface area (Å²) in [5, 5.41) is 0. The van der Waals surface area contributed by atoms with Gasteiger partial charge in [-0.1, -0.05) is 109 Å². The number of pyridine rings is 1. The molecule has 0 atom stereocenters. The Kier molecular flexibility index (Phi) is 10.5. The van der Waals surface area contributed by atoms with Crippen LogP contribution in [0.15, 0.2) is 267 Å². The lowest BCUT2D eigenvalue weighted by Gasteiger charge is -2.33. The lowest BCUT2D eigenvalue weighted by atomic mass is 10.1. The number of anilines is 15. The van der Waals surface area contributed by atoms with Crippen molar-refractivity contribution >= 4 is 85.6 Å². The number of aromatic nitrogens is 1. The van der Waals surface area contributed by atoms with Gasteiger partial charge in [-0.25, -0.2) is 4.98 Å². The lowest BCUT2D eigenvalue weighted by molar-refractivity contribution is 1.12. The molecule has 2 heterocycles. The lowest BCUT2D eigenvalue weighted by Crippen LogP contribution is -2.18. The zero-order valence-electron chi connectivity index (χ0n) is 35.6. The van der Waals surface area contributed by atoms with Gasteiger partial charge >= 0.3 is 0 Å². The van der Waals surface area contributed by atoms with E-state index in [2.05, 4.69) is 291 Å². The average molecular weight is 837 g/mol. The van der Waals surface area contributed by atoms with E-state index < -0.39 is 0 Å². The Morgan fingerprint density at radius 2 is 0.477 bits per heavy atom. The van der Waals surface area contributed by atoms with Crippen molar-refractivity contribution in [1.29, 1.82) is 0 Å². The summed E-state index contributed by atoms with van der Waals surface area (Å²) in [5.41, 5.74) is 13.5. The molecule has 0 unspecified atom stereocenters. The molecule has 0 N–H and O–H groups in total. The van der Waals surface area contributed by atoms with E-state index in [1.54, 1.807) is 0 Å². The van der Waals surface area contributed by atoms with Crippen LogP contribution < -0.4 is 24.5 Å². The Balaban J connectivity index is 1.07. The second-order valence-electron chi connectivity index (χ2n) is 15.8. The first-order chi connectivity index (χ1) is 32.2. The Bertz CT molecular complexity index is 2880. The third-order valence-corrected chi connectivity index (χ3v) is 11.7. The molecule has 9 aromatic carbocycles. The largest absolute Gasteiger partial charge is 0.311 e. The summed E-state index contributed by atoms with van der Waals surface area (Å²) < 4.78 is 0. The van der Waals surface area contributed by atoms with Crippen molar-refractivity contribution in [2.45, 2.75) is 0 Å². The molecule has 0 saturated heterocycles. The Morgan fingerprint density at radius 1 is 0.215 bits per heavy atom. The zero-order chi connectivity index (χ0) is 43.4. The minimum Gasteiger partial charge on any atom is -0.311 e. The highest BCUT2D eigenvalue weighted by atomic mass is 15.3. The molecule has 0 amide bonds. The summed E-state index contributed by atoms with van der Waals surface area (Å²) in [4.78, 5) is 16.9. The molecule has 0 saturated carbocycles. The number of para-hydroxylation sites is 5. The van der Waals surface area contributed by atoms with Gasteiger partial charge in [-0.2, -0.15) is 0 Å². The molecule has 0 fully saturated rings. The minimum absolute atomic E-state index is 0.791. The van der Waals surface area contributed by atoms with Crippen LogP contribution in [0.4, 0.5) is 85.6 Å². The van der Waals surface area contributed by atoms with Crippen LogP contribution in [0.5, 0.6) is 0 Å². The second-order valence-corrected chi connectivity index (χ2v) is 15.8. The summed E-state index contributed by atoms with van der Waals surface area (Å²) in [6.07, 6.45) is 0. The fourth-order valence-corrected chi connectivity index (χ4v) is 8.76. The van der Waals surface area contributed by atoms with E-state index >= 15 is 0 Å². The van der Waals surface area contributed by atoms with Gasteiger partial charge in [0, 0.05) is 73.9 Å². The van der Waals surface area contributed by atoms with Crippen LogP contribution >= 0.6 is 0 Å². The van der Waals surface area contributed by atoms with Gasteiger partial charge in [0.15, 0.2) is 0 Å². The summed E-state index contributed by atoms with van der Waals surface area (Å²) in [7, 11) is 0. The highest BCUT2D eigenvalue weighted by Crippen LogP contribution is 2.46. The van der Waals surface area contributed by atoms with Gasteiger partial charge < -0.3 is 14.7 Å². The Labute approximate surface area is 380 Å². The van der Waals surface area contributed by atoms with E-state index in [9.17, 15) is 0 Å². The predicted octanol–water partition coefficient (Wildman–Crippen LogP) is 16.7. The normalized spacial score (nSPS) is 11.9. The van der Waals surface area contributed by atoms with E-state index in [0.717, 1.165) is 85.6 Å². The molecule has 65 heavy (non-hydrogen) atoms. The second kappa shape index (κ2) is 17.5. The van der Waals surface area contributed by atoms with E-state index in [-0.39, 0.29) is 0 Å². The number of hydrogen-bond acceptors (Lipinski definition) is 6. The third-order valence-electron chi connectivity index (χ3n) is 11.7. The molecule has 6 nitrogen and oxygen atoms in total. The molecule has 6 bridgehead atoms. The maximum atomic E-state index is 5.53.